The molecular formula is C19H24N4O3. The maximum atomic E-state index is 12.4. The minimum absolute atomic E-state index is 0.0632. The zero-order valence-electron chi connectivity index (χ0n) is 14.9. The van der Waals surface area contributed by atoms with Crippen LogP contribution in [0.2, 0.25) is 0 Å². The molecule has 0 radical (unpaired) electrons. The predicted molar refractivity (Wildman–Crippen MR) is 98.5 cm³/mol. The lowest BCUT2D eigenvalue weighted by atomic mass is 10.3. The van der Waals surface area contributed by atoms with E-state index in [9.17, 15) is 4.79 Å². The number of nitrogens with one attached hydrogen (secondary N) is 1. The van der Waals surface area contributed by atoms with Crippen LogP contribution in [0.4, 0.5) is 10.5 Å². The number of hydrogen-bond donors (Lipinski definition) is 1. The Hall–Kier alpha value is -2.83. The Morgan fingerprint density at radius 2 is 2.15 bits per heavy atom. The number of likely N-dealkylation sites (tertiary alicyclic amines) is 1. The number of unbranched alkanes of at least 4 members (excludes halogenated alkanes) is 1. The highest BCUT2D eigenvalue weighted by molar-refractivity contribution is 5.89. The Balaban J connectivity index is 1.46. The molecular weight excluding hydrogens is 332 g/mol. The first-order valence-electron chi connectivity index (χ1n) is 8.96. The molecule has 2 aromatic rings. The van der Waals surface area contributed by atoms with Gasteiger partial charge in [0.25, 0.3) is 0 Å². The predicted octanol–water partition coefficient (Wildman–Crippen LogP) is 3.34. The van der Waals surface area contributed by atoms with E-state index in [1.54, 1.807) is 23.5 Å². The monoisotopic (exact) mass is 356 g/mol. The number of urea groups is 1. The van der Waals surface area contributed by atoms with Crippen molar-refractivity contribution in [3.63, 3.8) is 0 Å². The maximum absolute atomic E-state index is 12.4. The van der Waals surface area contributed by atoms with E-state index in [4.69, 9.17) is 9.47 Å². The fraction of sp³-hybridized carbons (Fsp3) is 0.421. The zero-order valence-corrected chi connectivity index (χ0v) is 14.9. The third kappa shape index (κ3) is 5.08. The summed E-state index contributed by atoms with van der Waals surface area (Å²) in [5.74, 6) is 1.30. The van der Waals surface area contributed by atoms with Crippen molar-refractivity contribution in [1.29, 1.82) is 0 Å². The highest BCUT2D eigenvalue weighted by Crippen LogP contribution is 2.19. The normalized spacial score (nSPS) is 16.3. The van der Waals surface area contributed by atoms with Crippen molar-refractivity contribution in [2.45, 2.75) is 32.3 Å². The first-order valence-corrected chi connectivity index (χ1v) is 8.96. The van der Waals surface area contributed by atoms with Crippen LogP contribution in [0.25, 0.3) is 0 Å². The molecule has 138 valence electrons. The molecule has 1 aliphatic rings. The lowest BCUT2D eigenvalue weighted by molar-refractivity contribution is 0.189. The molecule has 1 saturated heterocycles. The summed E-state index contributed by atoms with van der Waals surface area (Å²) in [7, 11) is 0. The van der Waals surface area contributed by atoms with Crippen LogP contribution >= 0.6 is 0 Å². The molecule has 0 saturated carbocycles. The van der Waals surface area contributed by atoms with Gasteiger partial charge in [-0.2, -0.15) is 0 Å². The van der Waals surface area contributed by atoms with Crippen LogP contribution in [-0.4, -0.2) is 46.7 Å². The summed E-state index contributed by atoms with van der Waals surface area (Å²) in [5.41, 5.74) is 0.746. The molecule has 26 heavy (non-hydrogen) atoms. The summed E-state index contributed by atoms with van der Waals surface area (Å²) in [6.07, 6.45) is 7.61. The van der Waals surface area contributed by atoms with Gasteiger partial charge in [0.05, 0.1) is 19.3 Å². The molecule has 0 bridgehead atoms. The van der Waals surface area contributed by atoms with Gasteiger partial charge in [-0.1, -0.05) is 13.3 Å². The largest absolute Gasteiger partial charge is 0.494 e. The Bertz CT molecular complexity index is 694. The first-order chi connectivity index (χ1) is 12.7. The Kier molecular flexibility index (Phi) is 6.24. The minimum Gasteiger partial charge on any atom is -0.494 e. The smallest absolute Gasteiger partial charge is 0.321 e. The van der Waals surface area contributed by atoms with E-state index in [1.165, 1.54) is 0 Å². The van der Waals surface area contributed by atoms with Gasteiger partial charge in [0.2, 0.25) is 5.88 Å². The van der Waals surface area contributed by atoms with Crippen molar-refractivity contribution in [2.75, 3.05) is 25.0 Å². The molecule has 1 aromatic heterocycles. The molecule has 1 aliphatic heterocycles. The number of carbonyl (C=O) groups excluding carboxylic acids is 1. The summed E-state index contributed by atoms with van der Waals surface area (Å²) in [5, 5.41) is 2.91. The first kappa shape index (κ1) is 18.0. The van der Waals surface area contributed by atoms with Gasteiger partial charge >= 0.3 is 6.03 Å². The van der Waals surface area contributed by atoms with E-state index in [0.717, 1.165) is 30.7 Å². The quantitative estimate of drug-likeness (QED) is 0.770. The number of hydrogen-bond acceptors (Lipinski definition) is 5. The van der Waals surface area contributed by atoms with Gasteiger partial charge in [0.1, 0.15) is 11.9 Å². The summed E-state index contributed by atoms with van der Waals surface area (Å²) in [6.45, 7) is 4.02. The van der Waals surface area contributed by atoms with Crippen LogP contribution in [0.1, 0.15) is 26.2 Å². The van der Waals surface area contributed by atoms with E-state index >= 15 is 0 Å². The Morgan fingerprint density at radius 3 is 2.88 bits per heavy atom. The lowest BCUT2D eigenvalue weighted by Gasteiger charge is -2.17. The number of carbonyl (C=O) groups is 1. The number of nitrogens with zero attached hydrogens (tertiary/aromatic N) is 3. The molecule has 2 heterocycles. The van der Waals surface area contributed by atoms with Crippen LogP contribution in [0.5, 0.6) is 11.6 Å². The number of aromatic nitrogens is 2. The highest BCUT2D eigenvalue weighted by Gasteiger charge is 2.28. The van der Waals surface area contributed by atoms with Gasteiger partial charge in [0, 0.05) is 31.0 Å². The number of benzene rings is 1. The molecule has 1 atom stereocenters. The molecule has 2 amide bonds. The van der Waals surface area contributed by atoms with E-state index in [0.29, 0.717) is 25.6 Å². The minimum atomic E-state index is -0.130. The van der Waals surface area contributed by atoms with Gasteiger partial charge < -0.3 is 19.7 Å². The number of rotatable bonds is 7. The highest BCUT2D eigenvalue weighted by atomic mass is 16.5. The summed E-state index contributed by atoms with van der Waals surface area (Å²) in [6, 6.07) is 7.31. The molecule has 1 unspecified atom stereocenters. The van der Waals surface area contributed by atoms with E-state index < -0.39 is 0 Å². The average molecular weight is 356 g/mol. The summed E-state index contributed by atoms with van der Waals surface area (Å²) < 4.78 is 11.4. The third-order valence-corrected chi connectivity index (χ3v) is 4.13. The second-order valence-electron chi connectivity index (χ2n) is 6.17. The van der Waals surface area contributed by atoms with Crippen molar-refractivity contribution >= 4 is 11.7 Å². The maximum Gasteiger partial charge on any atom is 0.321 e. The third-order valence-electron chi connectivity index (χ3n) is 4.13. The number of ether oxygens (including phenoxy) is 2. The summed E-state index contributed by atoms with van der Waals surface area (Å²) in [4.78, 5) is 22.2. The van der Waals surface area contributed by atoms with Gasteiger partial charge in [-0.3, -0.25) is 4.98 Å². The summed E-state index contributed by atoms with van der Waals surface area (Å²) >= 11 is 0. The molecule has 7 heteroatoms. The van der Waals surface area contributed by atoms with Crippen LogP contribution in [-0.2, 0) is 0 Å². The molecule has 3 rings (SSSR count). The SMILES string of the molecule is CCCCOc1ccc(NC(=O)N2CCC(Oc3cnccn3)C2)cc1. The fourth-order valence-electron chi connectivity index (χ4n) is 2.70. The van der Waals surface area contributed by atoms with Crippen molar-refractivity contribution in [1.82, 2.24) is 14.9 Å². The molecule has 1 fully saturated rings. The second kappa shape index (κ2) is 9.03. The van der Waals surface area contributed by atoms with Crippen molar-refractivity contribution < 1.29 is 14.3 Å². The van der Waals surface area contributed by atoms with E-state index in [2.05, 4.69) is 22.2 Å². The van der Waals surface area contributed by atoms with Gasteiger partial charge in [-0.05, 0) is 30.7 Å². The molecule has 1 aromatic carbocycles. The number of anilines is 1. The van der Waals surface area contributed by atoms with Crippen LogP contribution < -0.4 is 14.8 Å². The Morgan fingerprint density at radius 1 is 1.31 bits per heavy atom. The zero-order chi connectivity index (χ0) is 18.2. The molecule has 1 N–H and O–H groups in total. The standard InChI is InChI=1S/C19H24N4O3/c1-2-3-12-25-16-6-4-15(5-7-16)22-19(24)23-11-8-17(14-23)26-18-13-20-9-10-21-18/h4-7,9-10,13,17H,2-3,8,11-12,14H2,1H3,(H,22,24). The van der Waals surface area contributed by atoms with Gasteiger partial charge in [-0.25, -0.2) is 9.78 Å². The van der Waals surface area contributed by atoms with Crippen molar-refractivity contribution in [3.05, 3.63) is 42.9 Å². The van der Waals surface area contributed by atoms with Crippen LogP contribution in [0.3, 0.4) is 0 Å². The van der Waals surface area contributed by atoms with Crippen LogP contribution in [0, 0.1) is 0 Å². The van der Waals surface area contributed by atoms with Crippen molar-refractivity contribution in [3.8, 4) is 11.6 Å². The van der Waals surface area contributed by atoms with E-state index in [-0.39, 0.29) is 12.1 Å². The van der Waals surface area contributed by atoms with Crippen molar-refractivity contribution in [2.24, 2.45) is 0 Å². The molecule has 7 nitrogen and oxygen atoms in total. The van der Waals surface area contributed by atoms with Gasteiger partial charge in [-0.15, -0.1) is 0 Å². The molecule has 0 aliphatic carbocycles. The topological polar surface area (TPSA) is 76.6 Å². The van der Waals surface area contributed by atoms with E-state index in [1.807, 2.05) is 24.3 Å². The number of amides is 2. The van der Waals surface area contributed by atoms with Gasteiger partial charge in [0.15, 0.2) is 0 Å². The Labute approximate surface area is 153 Å². The lowest BCUT2D eigenvalue weighted by Crippen LogP contribution is -2.34. The average Bonchev–Trinajstić information content (AvgIpc) is 3.13. The second-order valence-corrected chi connectivity index (χ2v) is 6.17. The molecule has 0 spiro atoms. The fourth-order valence-corrected chi connectivity index (χ4v) is 2.70. The van der Waals surface area contributed by atoms with Crippen LogP contribution in [0.15, 0.2) is 42.9 Å².